The number of anilines is 2. The predicted octanol–water partition coefficient (Wildman–Crippen LogP) is 6.37. The highest BCUT2D eigenvalue weighted by Gasteiger charge is 2.11. The van der Waals surface area contributed by atoms with Crippen molar-refractivity contribution in [1.29, 1.82) is 0 Å². The number of aromatic carboxylic acids is 2. The second-order valence-corrected chi connectivity index (χ2v) is 8.66. The number of nitro groups is 1. The molecule has 0 spiro atoms. The standard InChI is InChI=1S/C13H9NO3.C9H9N3.C9H8O4/c15-13(10-4-2-1-3-5-10)11-6-8-12(9-7-11)14(16)17;1-2-4-8(5-3-1)11-9-6-7-10-12-9;1-5-2-6(8(10)11)4-7(3-5)9(12)13/h1-9H;1-7H,(H2,10,11,12);2-4H,1H3,(H,10,11)(H,12,13). The van der Waals surface area contributed by atoms with Crippen LogP contribution < -0.4 is 5.32 Å². The minimum atomic E-state index is -1.12. The lowest BCUT2D eigenvalue weighted by Crippen LogP contribution is -2.02. The van der Waals surface area contributed by atoms with E-state index < -0.39 is 16.9 Å². The van der Waals surface area contributed by atoms with E-state index >= 15 is 0 Å². The number of rotatable bonds is 7. The number of para-hydroxylation sites is 1. The number of carboxylic acid groups (broad SMARTS) is 2. The number of hydrogen-bond acceptors (Lipinski definition) is 7. The Hall–Kier alpha value is -6.10. The van der Waals surface area contributed by atoms with E-state index in [1.807, 2.05) is 42.5 Å². The lowest BCUT2D eigenvalue weighted by molar-refractivity contribution is -0.384. The molecule has 0 aliphatic heterocycles. The number of non-ortho nitro benzene ring substituents is 1. The second kappa shape index (κ2) is 14.9. The minimum Gasteiger partial charge on any atom is -0.478 e. The van der Waals surface area contributed by atoms with E-state index in [0.29, 0.717) is 16.7 Å². The van der Waals surface area contributed by atoms with E-state index in [9.17, 15) is 24.5 Å². The molecule has 0 amide bonds. The van der Waals surface area contributed by atoms with Crippen molar-refractivity contribution >= 4 is 34.9 Å². The molecule has 0 radical (unpaired) electrons. The van der Waals surface area contributed by atoms with Gasteiger partial charge in [0.2, 0.25) is 0 Å². The van der Waals surface area contributed by atoms with Gasteiger partial charge in [0.1, 0.15) is 5.82 Å². The Morgan fingerprint density at radius 3 is 1.74 bits per heavy atom. The van der Waals surface area contributed by atoms with Gasteiger partial charge in [-0.25, -0.2) is 9.59 Å². The largest absolute Gasteiger partial charge is 0.478 e. The lowest BCUT2D eigenvalue weighted by atomic mass is 10.0. The number of nitrogens with zero attached hydrogens (tertiary/aromatic N) is 2. The summed E-state index contributed by atoms with van der Waals surface area (Å²) in [7, 11) is 0. The molecule has 42 heavy (non-hydrogen) atoms. The summed E-state index contributed by atoms with van der Waals surface area (Å²) in [5.74, 6) is -1.47. The maximum atomic E-state index is 12.0. The zero-order valence-corrected chi connectivity index (χ0v) is 22.3. The van der Waals surface area contributed by atoms with E-state index in [0.717, 1.165) is 17.6 Å². The van der Waals surface area contributed by atoms with Crippen LogP contribution in [0.1, 0.15) is 42.2 Å². The van der Waals surface area contributed by atoms with Gasteiger partial charge in [-0.05, 0) is 55.0 Å². The van der Waals surface area contributed by atoms with Crippen LogP contribution in [0.25, 0.3) is 0 Å². The van der Waals surface area contributed by atoms with Crippen LogP contribution in [-0.4, -0.2) is 43.1 Å². The fourth-order valence-electron chi connectivity index (χ4n) is 3.52. The van der Waals surface area contributed by atoms with Crippen molar-refractivity contribution in [1.82, 2.24) is 10.2 Å². The van der Waals surface area contributed by atoms with Crippen LogP contribution in [0.5, 0.6) is 0 Å². The fourth-order valence-corrected chi connectivity index (χ4v) is 3.52. The molecule has 212 valence electrons. The number of carboxylic acids is 2. The molecule has 0 bridgehead atoms. The molecular formula is C31H26N4O7. The Morgan fingerprint density at radius 1 is 0.738 bits per heavy atom. The molecule has 11 heteroatoms. The quantitative estimate of drug-likeness (QED) is 0.0990. The third-order valence-electron chi connectivity index (χ3n) is 5.50. The first-order chi connectivity index (χ1) is 20.1. The maximum Gasteiger partial charge on any atom is 0.335 e. The van der Waals surface area contributed by atoms with E-state index in [1.54, 1.807) is 37.4 Å². The smallest absolute Gasteiger partial charge is 0.335 e. The molecule has 4 N–H and O–H groups in total. The predicted molar refractivity (Wildman–Crippen MR) is 156 cm³/mol. The van der Waals surface area contributed by atoms with Crippen molar-refractivity contribution < 1.29 is 29.5 Å². The summed E-state index contributed by atoms with van der Waals surface area (Å²) in [6.07, 6.45) is 1.71. The summed E-state index contributed by atoms with van der Waals surface area (Å²) in [5.41, 5.74) is 2.67. The number of nitrogens with one attached hydrogen (secondary N) is 2. The topological polar surface area (TPSA) is 176 Å². The number of carbonyl (C=O) groups excluding carboxylic acids is 1. The van der Waals surface area contributed by atoms with Gasteiger partial charge >= 0.3 is 11.9 Å². The Labute approximate surface area is 240 Å². The van der Waals surface area contributed by atoms with Gasteiger partial charge < -0.3 is 15.5 Å². The van der Waals surface area contributed by atoms with Crippen molar-refractivity contribution in [2.75, 3.05) is 5.32 Å². The van der Waals surface area contributed by atoms with Gasteiger partial charge in [0.15, 0.2) is 5.78 Å². The number of aryl methyl sites for hydroxylation is 1. The summed E-state index contributed by atoms with van der Waals surface area (Å²) in [6, 6.07) is 30.2. The molecule has 4 aromatic carbocycles. The second-order valence-electron chi connectivity index (χ2n) is 8.66. The van der Waals surface area contributed by atoms with Crippen molar-refractivity contribution in [2.45, 2.75) is 6.92 Å². The van der Waals surface area contributed by atoms with Gasteiger partial charge in [-0.2, -0.15) is 5.10 Å². The highest BCUT2D eigenvalue weighted by molar-refractivity contribution is 6.09. The molecule has 5 rings (SSSR count). The van der Waals surface area contributed by atoms with Gasteiger partial charge in [-0.3, -0.25) is 20.0 Å². The highest BCUT2D eigenvalue weighted by atomic mass is 16.6. The number of hydrogen-bond donors (Lipinski definition) is 4. The molecule has 0 atom stereocenters. The monoisotopic (exact) mass is 566 g/mol. The number of ketones is 1. The highest BCUT2D eigenvalue weighted by Crippen LogP contribution is 2.15. The van der Waals surface area contributed by atoms with Crippen LogP contribution in [-0.2, 0) is 0 Å². The molecule has 5 aromatic rings. The van der Waals surface area contributed by atoms with Crippen molar-refractivity contribution in [3.63, 3.8) is 0 Å². The van der Waals surface area contributed by atoms with Gasteiger partial charge in [0, 0.05) is 35.0 Å². The van der Waals surface area contributed by atoms with Crippen molar-refractivity contribution in [3.05, 3.63) is 153 Å². The molecule has 0 saturated heterocycles. The number of H-pyrrole nitrogens is 1. The average Bonchev–Trinajstić information content (AvgIpc) is 3.51. The normalized spacial score (nSPS) is 9.74. The van der Waals surface area contributed by atoms with Crippen LogP contribution >= 0.6 is 0 Å². The van der Waals surface area contributed by atoms with Crippen LogP contribution in [0.3, 0.4) is 0 Å². The Morgan fingerprint density at radius 2 is 1.26 bits per heavy atom. The molecule has 0 saturated carbocycles. The molecule has 0 unspecified atom stereocenters. The van der Waals surface area contributed by atoms with Gasteiger partial charge in [-0.15, -0.1) is 0 Å². The third kappa shape index (κ3) is 9.27. The Kier molecular flexibility index (Phi) is 10.8. The molecule has 1 heterocycles. The molecule has 0 aliphatic carbocycles. The zero-order valence-electron chi connectivity index (χ0n) is 22.3. The fraction of sp³-hybridized carbons (Fsp3) is 0.0323. The number of aromatic nitrogens is 2. The van der Waals surface area contributed by atoms with E-state index in [2.05, 4.69) is 15.5 Å². The molecular weight excluding hydrogens is 540 g/mol. The Bertz CT molecular complexity index is 1610. The van der Waals surface area contributed by atoms with Crippen molar-refractivity contribution in [2.24, 2.45) is 0 Å². The first kappa shape index (κ1) is 30.4. The van der Waals surface area contributed by atoms with Crippen LogP contribution in [0.2, 0.25) is 0 Å². The molecule has 1 aromatic heterocycles. The SMILES string of the molecule is Cc1cc(C(=O)O)cc(C(=O)O)c1.O=C(c1ccccc1)c1ccc([N+](=O)[O-])cc1.c1ccc(Nc2ccn[nH]2)cc1. The number of nitro benzene ring substituents is 1. The van der Waals surface area contributed by atoms with Gasteiger partial charge in [-0.1, -0.05) is 48.5 Å². The van der Waals surface area contributed by atoms with E-state index in [-0.39, 0.29) is 22.6 Å². The number of benzene rings is 4. The molecule has 0 aliphatic rings. The maximum absolute atomic E-state index is 12.0. The molecule has 11 nitrogen and oxygen atoms in total. The first-order valence-corrected chi connectivity index (χ1v) is 12.4. The summed E-state index contributed by atoms with van der Waals surface area (Å²) in [5, 5.41) is 37.5. The van der Waals surface area contributed by atoms with Crippen LogP contribution in [0.4, 0.5) is 17.2 Å². The number of carbonyl (C=O) groups is 3. The van der Waals surface area contributed by atoms with Crippen LogP contribution in [0.15, 0.2) is 115 Å². The van der Waals surface area contributed by atoms with Crippen LogP contribution in [0, 0.1) is 17.0 Å². The van der Waals surface area contributed by atoms with Gasteiger partial charge in [0.25, 0.3) is 5.69 Å². The van der Waals surface area contributed by atoms with Crippen molar-refractivity contribution in [3.8, 4) is 0 Å². The summed E-state index contributed by atoms with van der Waals surface area (Å²) in [6.45, 7) is 1.65. The molecule has 0 fully saturated rings. The third-order valence-corrected chi connectivity index (χ3v) is 5.50. The summed E-state index contributed by atoms with van der Waals surface area (Å²) >= 11 is 0. The lowest BCUT2D eigenvalue weighted by Gasteiger charge is -2.00. The summed E-state index contributed by atoms with van der Waals surface area (Å²) in [4.78, 5) is 43.0. The first-order valence-electron chi connectivity index (χ1n) is 12.4. The minimum absolute atomic E-state index is 0.00241. The van der Waals surface area contributed by atoms with E-state index in [1.165, 1.54) is 36.4 Å². The summed E-state index contributed by atoms with van der Waals surface area (Å²) < 4.78 is 0. The van der Waals surface area contributed by atoms with E-state index in [4.69, 9.17) is 10.2 Å². The number of aromatic amines is 1. The zero-order chi connectivity index (χ0) is 30.5. The average molecular weight is 567 g/mol. The van der Waals surface area contributed by atoms with Gasteiger partial charge in [0.05, 0.1) is 22.2 Å². The Balaban J connectivity index is 0.000000176.